The highest BCUT2D eigenvalue weighted by molar-refractivity contribution is 9.09. The minimum Gasteiger partial charge on any atom is -0.352 e. The second kappa shape index (κ2) is 6.37. The predicted molar refractivity (Wildman–Crippen MR) is 78.2 cm³/mol. The van der Waals surface area contributed by atoms with Gasteiger partial charge in [-0.3, -0.25) is 4.79 Å². The molecule has 1 aromatic rings. The van der Waals surface area contributed by atoms with Crippen molar-refractivity contribution in [3.05, 3.63) is 35.4 Å². The van der Waals surface area contributed by atoms with Crippen molar-refractivity contribution in [3.8, 4) is 0 Å². The number of hydrogen-bond acceptors (Lipinski definition) is 1. The first kappa shape index (κ1) is 13.6. The molecule has 0 spiro atoms. The summed E-state index contributed by atoms with van der Waals surface area (Å²) in [5.41, 5.74) is 1.83. The largest absolute Gasteiger partial charge is 0.352 e. The van der Waals surface area contributed by atoms with Gasteiger partial charge in [-0.1, -0.05) is 47.0 Å². The molecule has 1 aliphatic carbocycles. The Morgan fingerprint density at radius 2 is 2.06 bits per heavy atom. The van der Waals surface area contributed by atoms with Crippen LogP contribution in [0, 0.1) is 12.8 Å². The molecule has 0 aliphatic heterocycles. The molecule has 18 heavy (non-hydrogen) atoms. The van der Waals surface area contributed by atoms with E-state index in [-0.39, 0.29) is 5.91 Å². The first-order chi connectivity index (χ1) is 8.68. The normalized spacial score (nSPS) is 23.7. The van der Waals surface area contributed by atoms with Crippen molar-refractivity contribution in [1.29, 1.82) is 0 Å². The molecule has 1 saturated carbocycles. The first-order valence-electron chi connectivity index (χ1n) is 6.66. The van der Waals surface area contributed by atoms with Gasteiger partial charge in [0.25, 0.3) is 5.91 Å². The van der Waals surface area contributed by atoms with Crippen molar-refractivity contribution in [1.82, 2.24) is 5.32 Å². The molecule has 2 atom stereocenters. The monoisotopic (exact) mass is 309 g/mol. The minimum absolute atomic E-state index is 0.0540. The Bertz CT molecular complexity index is 419. The van der Waals surface area contributed by atoms with E-state index in [4.69, 9.17) is 0 Å². The van der Waals surface area contributed by atoms with E-state index in [0.717, 1.165) is 17.7 Å². The van der Waals surface area contributed by atoms with E-state index in [0.29, 0.717) is 10.7 Å². The van der Waals surface area contributed by atoms with Crippen LogP contribution in [-0.4, -0.2) is 17.3 Å². The number of nitrogens with one attached hydrogen (secondary N) is 1. The van der Waals surface area contributed by atoms with Crippen LogP contribution >= 0.6 is 15.9 Å². The molecule has 0 radical (unpaired) electrons. The van der Waals surface area contributed by atoms with Gasteiger partial charge in [0.2, 0.25) is 0 Å². The van der Waals surface area contributed by atoms with Crippen molar-refractivity contribution in [3.63, 3.8) is 0 Å². The molecule has 0 heterocycles. The summed E-state index contributed by atoms with van der Waals surface area (Å²) in [5, 5.41) is 3.07. The highest BCUT2D eigenvalue weighted by atomic mass is 79.9. The third-order valence-electron chi connectivity index (χ3n) is 3.73. The average molecular weight is 310 g/mol. The number of aryl methyl sites for hydroxylation is 1. The van der Waals surface area contributed by atoms with Crippen LogP contribution in [0.4, 0.5) is 0 Å². The lowest BCUT2D eigenvalue weighted by molar-refractivity contribution is 0.0944. The zero-order chi connectivity index (χ0) is 13.0. The molecule has 0 saturated heterocycles. The van der Waals surface area contributed by atoms with Crippen LogP contribution in [0.15, 0.2) is 24.3 Å². The summed E-state index contributed by atoms with van der Waals surface area (Å²) in [5.74, 6) is 0.630. The third-order valence-corrected chi connectivity index (χ3v) is 4.94. The van der Waals surface area contributed by atoms with E-state index >= 15 is 0 Å². The van der Waals surface area contributed by atoms with Gasteiger partial charge in [0.15, 0.2) is 0 Å². The number of hydrogen-bond donors (Lipinski definition) is 1. The molecule has 1 fully saturated rings. The van der Waals surface area contributed by atoms with Crippen molar-refractivity contribution < 1.29 is 4.79 Å². The molecule has 1 N–H and O–H groups in total. The molecule has 2 rings (SSSR count). The van der Waals surface area contributed by atoms with Crippen LogP contribution in [0.25, 0.3) is 0 Å². The first-order valence-corrected chi connectivity index (χ1v) is 7.58. The number of benzene rings is 1. The maximum Gasteiger partial charge on any atom is 0.251 e. The number of carbonyl (C=O) groups is 1. The third kappa shape index (κ3) is 3.35. The fraction of sp³-hybridized carbons (Fsp3) is 0.533. The van der Waals surface area contributed by atoms with Crippen LogP contribution in [-0.2, 0) is 0 Å². The van der Waals surface area contributed by atoms with Crippen molar-refractivity contribution >= 4 is 21.8 Å². The lowest BCUT2D eigenvalue weighted by Gasteiger charge is -2.27. The highest BCUT2D eigenvalue weighted by Crippen LogP contribution is 2.29. The number of carbonyl (C=O) groups excluding carboxylic acids is 1. The highest BCUT2D eigenvalue weighted by Gasteiger charge is 2.23. The molecule has 98 valence electrons. The lowest BCUT2D eigenvalue weighted by Crippen LogP contribution is -2.34. The van der Waals surface area contributed by atoms with Gasteiger partial charge in [0.1, 0.15) is 0 Å². The molecule has 1 aromatic carbocycles. The summed E-state index contributed by atoms with van der Waals surface area (Å²) in [6.07, 6.45) is 5.03. The number of amides is 1. The lowest BCUT2D eigenvalue weighted by atomic mass is 9.89. The van der Waals surface area contributed by atoms with Crippen LogP contribution in [0.2, 0.25) is 0 Å². The fourth-order valence-electron chi connectivity index (χ4n) is 2.54. The Labute approximate surface area is 117 Å². The maximum atomic E-state index is 12.1. The summed E-state index contributed by atoms with van der Waals surface area (Å²) in [6, 6.07) is 7.73. The van der Waals surface area contributed by atoms with Gasteiger partial charge in [-0.15, -0.1) is 0 Å². The zero-order valence-electron chi connectivity index (χ0n) is 10.8. The van der Waals surface area contributed by atoms with Crippen molar-refractivity contribution in [2.75, 3.05) is 6.54 Å². The van der Waals surface area contributed by atoms with E-state index in [2.05, 4.69) is 21.2 Å². The average Bonchev–Trinajstić information content (AvgIpc) is 2.38. The van der Waals surface area contributed by atoms with Crippen LogP contribution in [0.5, 0.6) is 0 Å². The number of alkyl halides is 1. The van der Waals surface area contributed by atoms with Crippen LogP contribution in [0.1, 0.15) is 41.6 Å². The van der Waals surface area contributed by atoms with Gasteiger partial charge in [0, 0.05) is 16.9 Å². The fourth-order valence-corrected chi connectivity index (χ4v) is 3.31. The zero-order valence-corrected chi connectivity index (χ0v) is 12.4. The summed E-state index contributed by atoms with van der Waals surface area (Å²) in [7, 11) is 0. The molecule has 1 aliphatic rings. The maximum absolute atomic E-state index is 12.1. The molecule has 0 bridgehead atoms. The van der Waals surface area contributed by atoms with E-state index < -0.39 is 0 Å². The van der Waals surface area contributed by atoms with E-state index in [9.17, 15) is 4.79 Å². The number of halogens is 1. The Kier molecular flexibility index (Phi) is 4.81. The Balaban J connectivity index is 1.90. The Morgan fingerprint density at radius 3 is 2.78 bits per heavy atom. The second-order valence-electron chi connectivity index (χ2n) is 5.09. The van der Waals surface area contributed by atoms with E-state index in [1.807, 2.05) is 31.2 Å². The Hall–Kier alpha value is -0.830. The van der Waals surface area contributed by atoms with E-state index in [1.165, 1.54) is 25.7 Å². The molecule has 2 nitrogen and oxygen atoms in total. The molecular weight excluding hydrogens is 290 g/mol. The molecule has 2 unspecified atom stereocenters. The topological polar surface area (TPSA) is 29.1 Å². The summed E-state index contributed by atoms with van der Waals surface area (Å²) >= 11 is 3.72. The van der Waals surface area contributed by atoms with Crippen LogP contribution < -0.4 is 5.32 Å². The van der Waals surface area contributed by atoms with Gasteiger partial charge in [0.05, 0.1) is 0 Å². The SMILES string of the molecule is Cc1ccccc1C(=O)NCC1CCCCC1Br. The van der Waals surface area contributed by atoms with Gasteiger partial charge in [-0.05, 0) is 37.3 Å². The molecule has 3 heteroatoms. The molecule has 1 amide bonds. The Morgan fingerprint density at radius 1 is 1.33 bits per heavy atom. The second-order valence-corrected chi connectivity index (χ2v) is 6.26. The predicted octanol–water partition coefficient (Wildman–Crippen LogP) is 3.68. The van der Waals surface area contributed by atoms with Crippen molar-refractivity contribution in [2.45, 2.75) is 37.4 Å². The van der Waals surface area contributed by atoms with Gasteiger partial charge in [-0.2, -0.15) is 0 Å². The van der Waals surface area contributed by atoms with Crippen molar-refractivity contribution in [2.24, 2.45) is 5.92 Å². The molecular formula is C15H20BrNO. The summed E-state index contributed by atoms with van der Waals surface area (Å²) < 4.78 is 0. The smallest absolute Gasteiger partial charge is 0.251 e. The van der Waals surface area contributed by atoms with Gasteiger partial charge < -0.3 is 5.32 Å². The van der Waals surface area contributed by atoms with Gasteiger partial charge >= 0.3 is 0 Å². The van der Waals surface area contributed by atoms with Gasteiger partial charge in [-0.25, -0.2) is 0 Å². The number of rotatable bonds is 3. The molecule has 0 aromatic heterocycles. The minimum atomic E-state index is 0.0540. The summed E-state index contributed by atoms with van der Waals surface area (Å²) in [6.45, 7) is 2.76. The standard InChI is InChI=1S/C15H20BrNO/c1-11-6-2-4-8-13(11)15(18)17-10-12-7-3-5-9-14(12)16/h2,4,6,8,12,14H,3,5,7,9-10H2,1H3,(H,17,18). The quantitative estimate of drug-likeness (QED) is 0.848. The van der Waals surface area contributed by atoms with Crippen LogP contribution in [0.3, 0.4) is 0 Å². The van der Waals surface area contributed by atoms with E-state index in [1.54, 1.807) is 0 Å². The summed E-state index contributed by atoms with van der Waals surface area (Å²) in [4.78, 5) is 12.6.